The highest BCUT2D eigenvalue weighted by atomic mass is 32.1. The van der Waals surface area contributed by atoms with Gasteiger partial charge in [-0.05, 0) is 41.1 Å². The van der Waals surface area contributed by atoms with E-state index in [1.54, 1.807) is 12.1 Å². The second-order valence-corrected chi connectivity index (χ2v) is 8.35. The van der Waals surface area contributed by atoms with Crippen molar-refractivity contribution in [3.63, 3.8) is 0 Å². The summed E-state index contributed by atoms with van der Waals surface area (Å²) in [6.07, 6.45) is 1.67. The molecule has 0 fully saturated rings. The molecule has 3 amide bonds. The van der Waals surface area contributed by atoms with Gasteiger partial charge in [-0.2, -0.15) is 0 Å². The largest absolute Gasteiger partial charge is 0.350 e. The molecule has 0 bridgehead atoms. The number of hydrogen-bond donors (Lipinski definition) is 3. The van der Waals surface area contributed by atoms with Crippen LogP contribution in [0.2, 0.25) is 0 Å². The van der Waals surface area contributed by atoms with E-state index in [0.29, 0.717) is 24.3 Å². The van der Waals surface area contributed by atoms with E-state index < -0.39 is 6.04 Å². The molecule has 0 aliphatic heterocycles. The van der Waals surface area contributed by atoms with Crippen LogP contribution in [0.25, 0.3) is 0 Å². The molecule has 6 nitrogen and oxygen atoms in total. The molecule has 3 rings (SSSR count). The van der Waals surface area contributed by atoms with Gasteiger partial charge in [0.15, 0.2) is 0 Å². The first-order chi connectivity index (χ1) is 15.5. The number of anilines is 1. The van der Waals surface area contributed by atoms with Gasteiger partial charge in [-0.1, -0.05) is 55.5 Å². The van der Waals surface area contributed by atoms with Gasteiger partial charge in [-0.15, -0.1) is 11.3 Å². The van der Waals surface area contributed by atoms with Crippen LogP contribution in [0.5, 0.6) is 0 Å². The van der Waals surface area contributed by atoms with Crippen molar-refractivity contribution in [2.24, 2.45) is 0 Å². The molecule has 32 heavy (non-hydrogen) atoms. The predicted octanol–water partition coefficient (Wildman–Crippen LogP) is 4.14. The van der Waals surface area contributed by atoms with Gasteiger partial charge in [0.2, 0.25) is 11.8 Å². The van der Waals surface area contributed by atoms with Gasteiger partial charge < -0.3 is 16.0 Å². The second kappa shape index (κ2) is 11.8. The minimum Gasteiger partial charge on any atom is -0.350 e. The Kier molecular flexibility index (Phi) is 8.57. The Bertz CT molecular complexity index is 1020. The van der Waals surface area contributed by atoms with Gasteiger partial charge in [0.1, 0.15) is 6.04 Å². The number of carbonyl (C=O) groups excluding carboxylic acids is 3. The zero-order valence-electron chi connectivity index (χ0n) is 18.0. The van der Waals surface area contributed by atoms with E-state index in [4.69, 9.17) is 0 Å². The number of thiophene rings is 1. The standard InChI is InChI=1S/C25H27N3O3S/c1-2-7-23(29)27-20-13-11-19(12-14-20)17-26-24(30)21(16-18-8-4-3-5-9-18)28-25(31)22-10-6-15-32-22/h3-6,8-15,21H,2,7,16-17H2,1H3,(H,26,30)(H,27,29)(H,28,31). The quantitative estimate of drug-likeness (QED) is 0.435. The highest BCUT2D eigenvalue weighted by Gasteiger charge is 2.22. The Hall–Kier alpha value is -3.45. The number of hydrogen-bond acceptors (Lipinski definition) is 4. The van der Waals surface area contributed by atoms with Gasteiger partial charge in [0, 0.05) is 25.1 Å². The summed E-state index contributed by atoms with van der Waals surface area (Å²) in [6.45, 7) is 2.28. The van der Waals surface area contributed by atoms with Crippen LogP contribution >= 0.6 is 11.3 Å². The van der Waals surface area contributed by atoms with Crippen molar-refractivity contribution < 1.29 is 14.4 Å². The molecule has 2 aromatic carbocycles. The second-order valence-electron chi connectivity index (χ2n) is 7.41. The first kappa shape index (κ1) is 23.2. The first-order valence-corrected chi connectivity index (χ1v) is 11.5. The number of amides is 3. The van der Waals surface area contributed by atoms with E-state index in [-0.39, 0.29) is 17.7 Å². The lowest BCUT2D eigenvalue weighted by Gasteiger charge is -2.18. The lowest BCUT2D eigenvalue weighted by atomic mass is 10.0. The van der Waals surface area contributed by atoms with E-state index in [0.717, 1.165) is 23.2 Å². The van der Waals surface area contributed by atoms with E-state index in [2.05, 4.69) is 16.0 Å². The molecule has 0 aliphatic rings. The maximum absolute atomic E-state index is 12.9. The maximum atomic E-state index is 12.9. The summed E-state index contributed by atoms with van der Waals surface area (Å²) in [5.41, 5.74) is 2.59. The van der Waals surface area contributed by atoms with E-state index >= 15 is 0 Å². The molecule has 7 heteroatoms. The third-order valence-electron chi connectivity index (χ3n) is 4.83. The van der Waals surface area contributed by atoms with Gasteiger partial charge >= 0.3 is 0 Å². The van der Waals surface area contributed by atoms with Gasteiger partial charge in [0.05, 0.1) is 4.88 Å². The molecule has 1 atom stereocenters. The average Bonchev–Trinajstić information content (AvgIpc) is 3.34. The summed E-state index contributed by atoms with van der Waals surface area (Å²) in [6, 6.07) is 19.8. The molecule has 3 aromatic rings. The predicted molar refractivity (Wildman–Crippen MR) is 128 cm³/mol. The average molecular weight is 450 g/mol. The molecule has 0 saturated heterocycles. The highest BCUT2D eigenvalue weighted by Crippen LogP contribution is 2.12. The van der Waals surface area contributed by atoms with Gasteiger partial charge in [-0.3, -0.25) is 14.4 Å². The molecule has 0 radical (unpaired) electrons. The number of benzene rings is 2. The lowest BCUT2D eigenvalue weighted by Crippen LogP contribution is -2.47. The molecule has 0 spiro atoms. The van der Waals surface area contributed by atoms with Gasteiger partial charge in [0.25, 0.3) is 5.91 Å². The molecule has 0 aliphatic carbocycles. The van der Waals surface area contributed by atoms with Crippen LogP contribution in [0.4, 0.5) is 5.69 Å². The van der Waals surface area contributed by atoms with Crippen LogP contribution < -0.4 is 16.0 Å². The third-order valence-corrected chi connectivity index (χ3v) is 5.70. The summed E-state index contributed by atoms with van der Waals surface area (Å²) >= 11 is 1.34. The fraction of sp³-hybridized carbons (Fsp3) is 0.240. The molecule has 0 saturated carbocycles. The van der Waals surface area contributed by atoms with Crippen molar-refractivity contribution in [3.8, 4) is 0 Å². The lowest BCUT2D eigenvalue weighted by molar-refractivity contribution is -0.123. The highest BCUT2D eigenvalue weighted by molar-refractivity contribution is 7.12. The number of rotatable bonds is 10. The topological polar surface area (TPSA) is 87.3 Å². The number of nitrogens with one attached hydrogen (secondary N) is 3. The van der Waals surface area contributed by atoms with Crippen molar-refractivity contribution >= 4 is 34.7 Å². The monoisotopic (exact) mass is 449 g/mol. The number of carbonyl (C=O) groups is 3. The smallest absolute Gasteiger partial charge is 0.262 e. The zero-order valence-corrected chi connectivity index (χ0v) is 18.8. The zero-order chi connectivity index (χ0) is 22.8. The molecular weight excluding hydrogens is 422 g/mol. The van der Waals surface area contributed by atoms with Crippen LogP contribution in [-0.2, 0) is 22.6 Å². The van der Waals surface area contributed by atoms with Crippen molar-refractivity contribution in [2.75, 3.05) is 5.32 Å². The Labute approximate surface area is 192 Å². The van der Waals surface area contributed by atoms with Gasteiger partial charge in [-0.25, -0.2) is 0 Å². The fourth-order valence-corrected chi connectivity index (χ4v) is 3.79. The van der Waals surface area contributed by atoms with E-state index in [1.165, 1.54) is 11.3 Å². The van der Waals surface area contributed by atoms with Crippen molar-refractivity contribution in [3.05, 3.63) is 88.1 Å². The summed E-state index contributed by atoms with van der Waals surface area (Å²) < 4.78 is 0. The van der Waals surface area contributed by atoms with Crippen LogP contribution in [0.1, 0.15) is 40.6 Å². The Morgan fingerprint density at radius 3 is 2.31 bits per heavy atom. The van der Waals surface area contributed by atoms with Crippen LogP contribution in [0, 0.1) is 0 Å². The molecule has 1 aromatic heterocycles. The van der Waals surface area contributed by atoms with Crippen LogP contribution in [0.3, 0.4) is 0 Å². The Morgan fingerprint density at radius 1 is 0.906 bits per heavy atom. The molecule has 3 N–H and O–H groups in total. The van der Waals surface area contributed by atoms with E-state index in [9.17, 15) is 14.4 Å². The first-order valence-electron chi connectivity index (χ1n) is 10.6. The van der Waals surface area contributed by atoms with Crippen molar-refractivity contribution in [1.29, 1.82) is 0 Å². The molecular formula is C25H27N3O3S. The minimum atomic E-state index is -0.695. The Morgan fingerprint density at radius 2 is 1.66 bits per heavy atom. The summed E-state index contributed by atoms with van der Waals surface area (Å²) in [4.78, 5) is 37.7. The van der Waals surface area contributed by atoms with Crippen molar-refractivity contribution in [2.45, 2.75) is 38.8 Å². The fourth-order valence-electron chi connectivity index (χ4n) is 3.17. The Balaban J connectivity index is 1.61. The minimum absolute atomic E-state index is 0.0150. The summed E-state index contributed by atoms with van der Waals surface area (Å²) in [7, 11) is 0. The molecule has 1 unspecified atom stereocenters. The summed E-state index contributed by atoms with van der Waals surface area (Å²) in [5.74, 6) is -0.527. The van der Waals surface area contributed by atoms with Crippen LogP contribution in [-0.4, -0.2) is 23.8 Å². The third kappa shape index (κ3) is 7.06. The summed E-state index contributed by atoms with van der Waals surface area (Å²) in [5, 5.41) is 10.4. The molecule has 1 heterocycles. The van der Waals surface area contributed by atoms with E-state index in [1.807, 2.05) is 66.9 Å². The maximum Gasteiger partial charge on any atom is 0.262 e. The normalized spacial score (nSPS) is 11.4. The SMILES string of the molecule is CCCC(=O)Nc1ccc(CNC(=O)C(Cc2ccccc2)NC(=O)c2cccs2)cc1. The van der Waals surface area contributed by atoms with Crippen LogP contribution in [0.15, 0.2) is 72.1 Å². The van der Waals surface area contributed by atoms with Crippen molar-refractivity contribution in [1.82, 2.24) is 10.6 Å². The molecule has 166 valence electrons.